The number of likely N-dealkylation sites (N-methyl/N-ethyl adjacent to an activating group) is 1. The summed E-state index contributed by atoms with van der Waals surface area (Å²) in [7, 11) is 3.31. The van der Waals surface area contributed by atoms with Crippen molar-refractivity contribution in [3.8, 4) is 11.5 Å². The highest BCUT2D eigenvalue weighted by Crippen LogP contribution is 2.29. The summed E-state index contributed by atoms with van der Waals surface area (Å²) in [6.45, 7) is 9.82. The van der Waals surface area contributed by atoms with Gasteiger partial charge in [-0.2, -0.15) is 0 Å². The van der Waals surface area contributed by atoms with Gasteiger partial charge in [-0.3, -0.25) is 9.59 Å². The molecule has 1 fully saturated rings. The second kappa shape index (κ2) is 10.9. The summed E-state index contributed by atoms with van der Waals surface area (Å²) >= 11 is 0. The van der Waals surface area contributed by atoms with E-state index in [0.717, 1.165) is 44.2 Å². The van der Waals surface area contributed by atoms with Crippen LogP contribution in [0.4, 0.5) is 0 Å². The quantitative estimate of drug-likeness (QED) is 0.375. The molecule has 1 aliphatic rings. The van der Waals surface area contributed by atoms with Crippen LogP contribution in [0.3, 0.4) is 0 Å². The van der Waals surface area contributed by atoms with Crippen molar-refractivity contribution >= 4 is 11.8 Å². The second-order valence-electron chi connectivity index (χ2n) is 7.22. The Hall–Kier alpha value is -2.32. The number of aryl methyl sites for hydroxylation is 1. The smallest absolute Gasteiger partial charge is 0.275 e. The molecule has 1 saturated heterocycles. The summed E-state index contributed by atoms with van der Waals surface area (Å²) < 4.78 is 10.8. The number of hydrogen-bond donors (Lipinski definition) is 4. The molecule has 28 heavy (non-hydrogen) atoms. The Morgan fingerprint density at radius 2 is 1.57 bits per heavy atom. The maximum absolute atomic E-state index is 12.0. The summed E-state index contributed by atoms with van der Waals surface area (Å²) in [6, 6.07) is 4.09. The molecule has 2 rings (SSSR count). The van der Waals surface area contributed by atoms with Gasteiger partial charge in [0.05, 0.1) is 20.8 Å². The van der Waals surface area contributed by atoms with Crippen LogP contribution in [-0.4, -0.2) is 71.8 Å². The number of carbonyl (C=O) groups is 2. The number of ether oxygens (including phenoxy) is 2. The van der Waals surface area contributed by atoms with E-state index in [9.17, 15) is 9.59 Å². The number of benzene rings is 1. The molecular weight excluding hydrogens is 360 g/mol. The lowest BCUT2D eigenvalue weighted by Gasteiger charge is -2.29. The topological polar surface area (TPSA) is 85.5 Å². The molecule has 8 heteroatoms. The Bertz CT molecular complexity index is 672. The average molecular weight is 395 g/mol. The van der Waals surface area contributed by atoms with Crippen molar-refractivity contribution in [1.82, 2.24) is 10.6 Å². The molecule has 1 heterocycles. The van der Waals surface area contributed by atoms with E-state index in [1.807, 2.05) is 13.0 Å². The number of piperazine rings is 1. The van der Waals surface area contributed by atoms with Gasteiger partial charge in [0.1, 0.15) is 32.7 Å². The SMILES string of the molecule is CCNC(=O)CNC(=O)C[NH+]1CC[NH+](Cc2cc(OC)c(OC)cc2C)CC1. The first-order chi connectivity index (χ1) is 13.5. The third-order valence-electron chi connectivity index (χ3n) is 5.18. The third kappa shape index (κ3) is 6.38. The number of carbonyl (C=O) groups excluding carboxylic acids is 2. The highest BCUT2D eigenvalue weighted by Gasteiger charge is 2.25. The predicted octanol–water partition coefficient (Wildman–Crippen LogP) is -2.45. The molecule has 8 nitrogen and oxygen atoms in total. The van der Waals surface area contributed by atoms with Crippen molar-refractivity contribution in [2.45, 2.75) is 20.4 Å². The van der Waals surface area contributed by atoms with Crippen LogP contribution in [0.15, 0.2) is 12.1 Å². The molecule has 0 aliphatic carbocycles. The molecule has 1 aromatic rings. The molecule has 1 aliphatic heterocycles. The zero-order valence-corrected chi connectivity index (χ0v) is 17.4. The summed E-state index contributed by atoms with van der Waals surface area (Å²) in [6.07, 6.45) is 0. The normalized spacial score (nSPS) is 19.0. The molecule has 0 aromatic heterocycles. The molecule has 0 saturated carbocycles. The Morgan fingerprint density at radius 3 is 2.18 bits per heavy atom. The second-order valence-corrected chi connectivity index (χ2v) is 7.22. The number of quaternary nitrogens is 2. The number of nitrogens with one attached hydrogen (secondary N) is 4. The lowest BCUT2D eigenvalue weighted by atomic mass is 10.1. The largest absolute Gasteiger partial charge is 0.493 e. The molecule has 0 radical (unpaired) electrons. The molecule has 0 spiro atoms. The monoisotopic (exact) mass is 394 g/mol. The fourth-order valence-corrected chi connectivity index (χ4v) is 3.52. The molecule has 0 bridgehead atoms. The third-order valence-corrected chi connectivity index (χ3v) is 5.18. The van der Waals surface area contributed by atoms with Crippen molar-refractivity contribution in [2.75, 3.05) is 60.0 Å². The van der Waals surface area contributed by atoms with Gasteiger partial charge in [-0.25, -0.2) is 0 Å². The van der Waals surface area contributed by atoms with E-state index >= 15 is 0 Å². The van der Waals surface area contributed by atoms with Crippen LogP contribution in [0.1, 0.15) is 18.1 Å². The van der Waals surface area contributed by atoms with Gasteiger partial charge in [0.2, 0.25) is 5.91 Å². The van der Waals surface area contributed by atoms with Gasteiger partial charge >= 0.3 is 0 Å². The summed E-state index contributed by atoms with van der Waals surface area (Å²) in [5.41, 5.74) is 2.46. The molecular formula is C20H34N4O4+2. The van der Waals surface area contributed by atoms with Gasteiger partial charge in [-0.15, -0.1) is 0 Å². The van der Waals surface area contributed by atoms with E-state index in [2.05, 4.69) is 23.6 Å². The van der Waals surface area contributed by atoms with Crippen molar-refractivity contribution in [3.05, 3.63) is 23.3 Å². The number of amides is 2. The number of rotatable bonds is 9. The zero-order chi connectivity index (χ0) is 20.5. The van der Waals surface area contributed by atoms with Gasteiger partial charge in [0.15, 0.2) is 18.0 Å². The van der Waals surface area contributed by atoms with Gasteiger partial charge < -0.3 is 29.9 Å². The van der Waals surface area contributed by atoms with Crippen molar-refractivity contribution in [3.63, 3.8) is 0 Å². The first-order valence-electron chi connectivity index (χ1n) is 9.88. The lowest BCUT2D eigenvalue weighted by Crippen LogP contribution is -3.28. The summed E-state index contributed by atoms with van der Waals surface area (Å²) in [5.74, 6) is 1.30. The van der Waals surface area contributed by atoms with E-state index in [0.29, 0.717) is 13.1 Å². The number of methoxy groups -OCH3 is 2. The van der Waals surface area contributed by atoms with Gasteiger partial charge in [-0.05, 0) is 31.5 Å². The maximum atomic E-state index is 12.0. The van der Waals surface area contributed by atoms with Crippen molar-refractivity contribution in [2.24, 2.45) is 0 Å². The minimum absolute atomic E-state index is 0.0515. The van der Waals surface area contributed by atoms with E-state index in [1.165, 1.54) is 20.9 Å². The van der Waals surface area contributed by atoms with E-state index < -0.39 is 0 Å². The van der Waals surface area contributed by atoms with Crippen LogP contribution in [-0.2, 0) is 16.1 Å². The number of hydrogen-bond acceptors (Lipinski definition) is 4. The van der Waals surface area contributed by atoms with Gasteiger partial charge in [0, 0.05) is 12.1 Å². The van der Waals surface area contributed by atoms with Crippen LogP contribution in [0.25, 0.3) is 0 Å². The first-order valence-corrected chi connectivity index (χ1v) is 9.88. The average Bonchev–Trinajstić information content (AvgIpc) is 2.69. The highest BCUT2D eigenvalue weighted by atomic mass is 16.5. The molecule has 0 unspecified atom stereocenters. The summed E-state index contributed by atoms with van der Waals surface area (Å²) in [4.78, 5) is 26.2. The van der Waals surface area contributed by atoms with E-state index in [-0.39, 0.29) is 18.4 Å². The molecule has 2 amide bonds. The fourth-order valence-electron chi connectivity index (χ4n) is 3.52. The molecule has 4 N–H and O–H groups in total. The van der Waals surface area contributed by atoms with Crippen LogP contribution >= 0.6 is 0 Å². The zero-order valence-electron chi connectivity index (χ0n) is 17.4. The Balaban J connectivity index is 1.79. The van der Waals surface area contributed by atoms with E-state index in [4.69, 9.17) is 9.47 Å². The Morgan fingerprint density at radius 1 is 0.964 bits per heavy atom. The first kappa shape index (κ1) is 22.0. The minimum atomic E-state index is -0.148. The van der Waals surface area contributed by atoms with Crippen LogP contribution < -0.4 is 29.9 Å². The highest BCUT2D eigenvalue weighted by molar-refractivity contribution is 5.84. The fraction of sp³-hybridized carbons (Fsp3) is 0.600. The van der Waals surface area contributed by atoms with E-state index in [1.54, 1.807) is 14.2 Å². The Labute approximate surface area is 167 Å². The molecule has 1 aromatic carbocycles. The van der Waals surface area contributed by atoms with Crippen molar-refractivity contribution in [1.29, 1.82) is 0 Å². The lowest BCUT2D eigenvalue weighted by molar-refractivity contribution is -1.02. The van der Waals surface area contributed by atoms with Gasteiger partial charge in [0.25, 0.3) is 5.91 Å². The standard InChI is InChI=1S/C20H32N4O4/c1-5-21-19(25)12-22-20(26)14-24-8-6-23(7-9-24)13-16-11-18(28-4)17(27-3)10-15(16)2/h10-11H,5-9,12-14H2,1-4H3,(H,21,25)(H,22,26)/p+2. The Kier molecular flexibility index (Phi) is 8.53. The van der Waals surface area contributed by atoms with Gasteiger partial charge in [-0.1, -0.05) is 0 Å². The van der Waals surface area contributed by atoms with Crippen molar-refractivity contribution < 1.29 is 28.9 Å². The van der Waals surface area contributed by atoms with Crippen LogP contribution in [0.5, 0.6) is 11.5 Å². The predicted molar refractivity (Wildman–Crippen MR) is 106 cm³/mol. The van der Waals surface area contributed by atoms with Crippen LogP contribution in [0.2, 0.25) is 0 Å². The molecule has 0 atom stereocenters. The van der Waals surface area contributed by atoms with Crippen LogP contribution in [0, 0.1) is 6.92 Å². The minimum Gasteiger partial charge on any atom is -0.493 e. The summed E-state index contributed by atoms with van der Waals surface area (Å²) in [5, 5.41) is 5.36. The maximum Gasteiger partial charge on any atom is 0.275 e. The molecule has 156 valence electrons.